The molecule has 2 aromatic heterocycles. The molecule has 5 rings (SSSR count). The van der Waals surface area contributed by atoms with Gasteiger partial charge in [0.05, 0.1) is 22.8 Å². The van der Waals surface area contributed by atoms with Crippen molar-refractivity contribution in [1.82, 2.24) is 24.5 Å². The minimum absolute atomic E-state index is 0.589. The third kappa shape index (κ3) is 3.47. The van der Waals surface area contributed by atoms with Crippen LogP contribution in [0.15, 0.2) is 42.5 Å². The highest BCUT2D eigenvalue weighted by Gasteiger charge is 2.22. The molecule has 1 aliphatic rings. The molecule has 0 atom stereocenters. The summed E-state index contributed by atoms with van der Waals surface area (Å²) >= 11 is 12.6. The van der Waals surface area contributed by atoms with Crippen LogP contribution in [0, 0.1) is 13.8 Å². The van der Waals surface area contributed by atoms with Gasteiger partial charge < -0.3 is 0 Å². The number of hydrogen-bond donors (Lipinski definition) is 0. The van der Waals surface area contributed by atoms with Gasteiger partial charge in [0.15, 0.2) is 5.65 Å². The molecule has 0 N–H and O–H groups in total. The number of hydrogen-bond acceptors (Lipinski definition) is 4. The minimum atomic E-state index is 0.589. The van der Waals surface area contributed by atoms with Crippen molar-refractivity contribution >= 4 is 28.8 Å². The molecule has 30 heavy (non-hydrogen) atoms. The van der Waals surface area contributed by atoms with Gasteiger partial charge in [-0.05, 0) is 43.5 Å². The minimum Gasteiger partial charge on any atom is -0.291 e. The van der Waals surface area contributed by atoms with Crippen molar-refractivity contribution in [3.63, 3.8) is 0 Å². The van der Waals surface area contributed by atoms with E-state index >= 15 is 0 Å². The Hall–Kier alpha value is -2.47. The molecule has 1 aliphatic heterocycles. The highest BCUT2D eigenvalue weighted by molar-refractivity contribution is 6.36. The Morgan fingerprint density at radius 2 is 1.80 bits per heavy atom. The topological polar surface area (TPSA) is 46.3 Å². The highest BCUT2D eigenvalue weighted by Crippen LogP contribution is 2.35. The van der Waals surface area contributed by atoms with Crippen LogP contribution in [0.2, 0.25) is 10.0 Å². The van der Waals surface area contributed by atoms with Gasteiger partial charge in [0.25, 0.3) is 0 Å². The Bertz CT molecular complexity index is 1260. The highest BCUT2D eigenvalue weighted by atomic mass is 35.5. The molecule has 0 aliphatic carbocycles. The number of fused-ring (bicyclic) bond motifs is 2. The summed E-state index contributed by atoms with van der Waals surface area (Å²) in [4.78, 5) is 11.8. The number of aromatic nitrogens is 4. The molecule has 0 spiro atoms. The van der Waals surface area contributed by atoms with Gasteiger partial charge in [-0.1, -0.05) is 53.5 Å². The van der Waals surface area contributed by atoms with Crippen LogP contribution in [-0.2, 0) is 19.5 Å². The molecule has 4 aromatic rings. The molecule has 2 aromatic carbocycles. The first kappa shape index (κ1) is 19.5. The maximum absolute atomic E-state index is 6.50. The Balaban J connectivity index is 1.56. The van der Waals surface area contributed by atoms with E-state index in [1.54, 1.807) is 6.07 Å². The van der Waals surface area contributed by atoms with Gasteiger partial charge in [-0.2, -0.15) is 9.61 Å². The van der Waals surface area contributed by atoms with Crippen LogP contribution >= 0.6 is 23.2 Å². The fourth-order valence-corrected chi connectivity index (χ4v) is 4.71. The van der Waals surface area contributed by atoms with E-state index in [1.807, 2.05) is 30.5 Å². The number of rotatable bonds is 3. The van der Waals surface area contributed by atoms with Crippen molar-refractivity contribution in [3.8, 4) is 11.1 Å². The molecule has 152 valence electrons. The van der Waals surface area contributed by atoms with E-state index in [9.17, 15) is 0 Å². The second kappa shape index (κ2) is 7.65. The van der Waals surface area contributed by atoms with Gasteiger partial charge >= 0.3 is 0 Å². The van der Waals surface area contributed by atoms with E-state index in [0.717, 1.165) is 53.6 Å². The third-order valence-corrected chi connectivity index (χ3v) is 6.16. The molecular formula is C23H21Cl2N5. The second-order valence-electron chi connectivity index (χ2n) is 7.74. The fraction of sp³-hybridized carbons (Fsp3) is 0.261. The van der Waals surface area contributed by atoms with Gasteiger partial charge in [0.2, 0.25) is 0 Å². The van der Waals surface area contributed by atoms with Crippen molar-refractivity contribution in [3.05, 3.63) is 81.0 Å². The Morgan fingerprint density at radius 1 is 1.00 bits per heavy atom. The van der Waals surface area contributed by atoms with Crippen molar-refractivity contribution in [2.24, 2.45) is 0 Å². The molecule has 0 saturated heterocycles. The van der Waals surface area contributed by atoms with Crippen molar-refractivity contribution in [2.75, 3.05) is 6.54 Å². The standard InChI is InChI=1S/C23H21Cl2N5/c1-14-22(19-8-7-18(24)11-20(19)25)23-27-15(2)26-21(30(23)28-14)13-29-10-9-16-5-3-4-6-17(16)12-29/h3-8,11H,9-10,12-13H2,1-2H3. The molecule has 0 bridgehead atoms. The van der Waals surface area contributed by atoms with Gasteiger partial charge in [-0.3, -0.25) is 4.90 Å². The molecular weight excluding hydrogens is 417 g/mol. The lowest BCUT2D eigenvalue weighted by atomic mass is 10.00. The largest absolute Gasteiger partial charge is 0.291 e. The van der Waals surface area contributed by atoms with E-state index in [1.165, 1.54) is 11.1 Å². The third-order valence-electron chi connectivity index (χ3n) is 5.61. The lowest BCUT2D eigenvalue weighted by molar-refractivity contribution is 0.237. The van der Waals surface area contributed by atoms with Crippen molar-refractivity contribution < 1.29 is 0 Å². The molecule has 0 amide bonds. The summed E-state index contributed by atoms with van der Waals surface area (Å²) in [7, 11) is 0. The van der Waals surface area contributed by atoms with Gasteiger partial charge in [0.1, 0.15) is 11.6 Å². The first-order valence-electron chi connectivity index (χ1n) is 9.97. The molecule has 5 nitrogen and oxygen atoms in total. The summed E-state index contributed by atoms with van der Waals surface area (Å²) in [6, 6.07) is 14.2. The molecule has 0 saturated carbocycles. The van der Waals surface area contributed by atoms with E-state index in [0.29, 0.717) is 16.6 Å². The van der Waals surface area contributed by atoms with E-state index in [-0.39, 0.29) is 0 Å². The Morgan fingerprint density at radius 3 is 2.60 bits per heavy atom. The predicted molar refractivity (Wildman–Crippen MR) is 120 cm³/mol. The van der Waals surface area contributed by atoms with Crippen LogP contribution in [0.4, 0.5) is 0 Å². The zero-order chi connectivity index (χ0) is 20.8. The average Bonchev–Trinajstić information content (AvgIpc) is 3.04. The molecule has 0 fully saturated rings. The van der Waals surface area contributed by atoms with Crippen LogP contribution in [0.3, 0.4) is 0 Å². The van der Waals surface area contributed by atoms with E-state index in [4.69, 9.17) is 38.3 Å². The maximum Gasteiger partial charge on any atom is 0.167 e. The fourth-order valence-electron chi connectivity index (χ4n) is 4.21. The monoisotopic (exact) mass is 437 g/mol. The molecule has 7 heteroatoms. The zero-order valence-corrected chi connectivity index (χ0v) is 18.4. The SMILES string of the molecule is Cc1nc(CN2CCc3ccccc3C2)n2nc(C)c(-c3ccc(Cl)cc3Cl)c2n1. The van der Waals surface area contributed by atoms with Crippen LogP contribution < -0.4 is 0 Å². The van der Waals surface area contributed by atoms with E-state index < -0.39 is 0 Å². The quantitative estimate of drug-likeness (QED) is 0.437. The summed E-state index contributed by atoms with van der Waals surface area (Å²) in [5.74, 6) is 1.61. The van der Waals surface area contributed by atoms with Gasteiger partial charge in [-0.15, -0.1) is 0 Å². The first-order valence-corrected chi connectivity index (χ1v) is 10.7. The number of benzene rings is 2. The number of aryl methyl sites for hydroxylation is 2. The first-order chi connectivity index (χ1) is 14.5. The number of halogens is 2. The maximum atomic E-state index is 6.50. The summed E-state index contributed by atoms with van der Waals surface area (Å²) in [5.41, 5.74) is 6.27. The molecule has 3 heterocycles. The van der Waals surface area contributed by atoms with Gasteiger partial charge in [-0.25, -0.2) is 9.97 Å². The molecule has 0 unspecified atom stereocenters. The van der Waals surface area contributed by atoms with Crippen molar-refractivity contribution in [2.45, 2.75) is 33.4 Å². The van der Waals surface area contributed by atoms with Crippen molar-refractivity contribution in [1.29, 1.82) is 0 Å². The second-order valence-corrected chi connectivity index (χ2v) is 8.58. The van der Waals surface area contributed by atoms with Crippen LogP contribution in [0.25, 0.3) is 16.8 Å². The zero-order valence-electron chi connectivity index (χ0n) is 16.9. The van der Waals surface area contributed by atoms with E-state index in [2.05, 4.69) is 29.2 Å². The van der Waals surface area contributed by atoms with Crippen LogP contribution in [-0.4, -0.2) is 31.0 Å². The summed E-state index contributed by atoms with van der Waals surface area (Å²) in [6.45, 7) is 6.52. The lowest BCUT2D eigenvalue weighted by Gasteiger charge is -2.28. The van der Waals surface area contributed by atoms with Crippen LogP contribution in [0.1, 0.15) is 28.5 Å². The Kier molecular flexibility index (Phi) is 4.97. The average molecular weight is 438 g/mol. The smallest absolute Gasteiger partial charge is 0.167 e. The summed E-state index contributed by atoms with van der Waals surface area (Å²) in [5, 5.41) is 5.97. The Labute approximate surface area is 185 Å². The lowest BCUT2D eigenvalue weighted by Crippen LogP contribution is -2.31. The molecule has 0 radical (unpaired) electrons. The normalized spacial score (nSPS) is 14.3. The van der Waals surface area contributed by atoms with Gasteiger partial charge in [0, 0.05) is 23.7 Å². The summed E-state index contributed by atoms with van der Waals surface area (Å²) < 4.78 is 1.86. The number of nitrogens with zero attached hydrogens (tertiary/aromatic N) is 5. The summed E-state index contributed by atoms with van der Waals surface area (Å²) in [6.07, 6.45) is 1.05. The van der Waals surface area contributed by atoms with Crippen LogP contribution in [0.5, 0.6) is 0 Å². The predicted octanol–water partition coefficient (Wildman–Crippen LogP) is 5.27.